The van der Waals surface area contributed by atoms with E-state index < -0.39 is 0 Å². The number of benzene rings is 1. The Balaban J connectivity index is 2.07. The number of anilines is 1. The lowest BCUT2D eigenvalue weighted by Gasteiger charge is -2.20. The lowest BCUT2D eigenvalue weighted by atomic mass is 10.0. The van der Waals surface area contributed by atoms with Gasteiger partial charge in [-0.05, 0) is 41.3 Å². The molecule has 0 radical (unpaired) electrons. The summed E-state index contributed by atoms with van der Waals surface area (Å²) in [6, 6.07) is 5.65. The largest absolute Gasteiger partial charge is 0.325 e. The Morgan fingerprint density at radius 2 is 2.19 bits per heavy atom. The zero-order valence-corrected chi connectivity index (χ0v) is 13.7. The Hall–Kier alpha value is -1.07. The van der Waals surface area contributed by atoms with E-state index in [2.05, 4.69) is 10.6 Å². The van der Waals surface area contributed by atoms with Crippen LogP contribution in [0.2, 0.25) is 10.0 Å². The van der Waals surface area contributed by atoms with Crippen LogP contribution in [0.3, 0.4) is 0 Å². The number of fused-ring (bicyclic) bond motifs is 1. The van der Waals surface area contributed by atoms with Gasteiger partial charge in [-0.3, -0.25) is 4.79 Å². The highest BCUT2D eigenvalue weighted by Gasteiger charge is 2.25. The van der Waals surface area contributed by atoms with E-state index in [4.69, 9.17) is 23.2 Å². The summed E-state index contributed by atoms with van der Waals surface area (Å²) in [5.41, 5.74) is 2.74. The minimum atomic E-state index is -0.0593. The van der Waals surface area contributed by atoms with Crippen LogP contribution >= 0.6 is 34.5 Å². The lowest BCUT2D eigenvalue weighted by Crippen LogP contribution is -2.21. The second-order valence-electron chi connectivity index (χ2n) is 4.88. The monoisotopic (exact) mass is 340 g/mol. The minimum Gasteiger partial charge on any atom is -0.325 e. The molecule has 0 saturated heterocycles. The minimum absolute atomic E-state index is 0.00683. The van der Waals surface area contributed by atoms with Crippen LogP contribution in [-0.4, -0.2) is 12.5 Å². The highest BCUT2D eigenvalue weighted by Crippen LogP contribution is 2.39. The summed E-state index contributed by atoms with van der Waals surface area (Å²) in [5, 5.41) is 9.57. The van der Waals surface area contributed by atoms with Crippen LogP contribution in [0.4, 0.5) is 5.69 Å². The molecule has 2 aromatic rings. The molecule has 1 atom stereocenters. The van der Waals surface area contributed by atoms with Crippen molar-refractivity contribution in [3.05, 3.63) is 49.6 Å². The molecule has 0 spiro atoms. The van der Waals surface area contributed by atoms with E-state index in [1.54, 1.807) is 11.3 Å². The summed E-state index contributed by atoms with van der Waals surface area (Å²) in [6.45, 7) is 2.84. The molecule has 6 heteroatoms. The quantitative estimate of drug-likeness (QED) is 0.873. The van der Waals surface area contributed by atoms with Gasteiger partial charge in [-0.1, -0.05) is 30.1 Å². The molecule has 2 heterocycles. The van der Waals surface area contributed by atoms with E-state index in [0.29, 0.717) is 11.4 Å². The molecule has 1 unspecified atom stereocenters. The number of hydrogen-bond acceptors (Lipinski definition) is 3. The summed E-state index contributed by atoms with van der Waals surface area (Å²) in [4.78, 5) is 12.6. The Morgan fingerprint density at radius 1 is 1.38 bits per heavy atom. The van der Waals surface area contributed by atoms with Crippen molar-refractivity contribution in [1.82, 2.24) is 5.32 Å². The molecule has 0 fully saturated rings. The zero-order chi connectivity index (χ0) is 15.0. The second-order valence-corrected chi connectivity index (χ2v) is 6.64. The number of thiophene rings is 1. The smallest absolute Gasteiger partial charge is 0.228 e. The van der Waals surface area contributed by atoms with Crippen molar-refractivity contribution in [2.75, 3.05) is 11.9 Å². The Kier molecular flexibility index (Phi) is 4.22. The van der Waals surface area contributed by atoms with Crippen molar-refractivity contribution in [2.45, 2.75) is 19.4 Å². The van der Waals surface area contributed by atoms with Crippen molar-refractivity contribution in [3.8, 4) is 0 Å². The molecule has 1 aliphatic rings. The Morgan fingerprint density at radius 3 is 2.86 bits per heavy atom. The maximum Gasteiger partial charge on any atom is 0.228 e. The van der Waals surface area contributed by atoms with Crippen LogP contribution in [0, 0.1) is 0 Å². The van der Waals surface area contributed by atoms with Gasteiger partial charge in [0.25, 0.3) is 0 Å². The number of amides is 1. The molecule has 1 aliphatic heterocycles. The maximum atomic E-state index is 11.5. The summed E-state index contributed by atoms with van der Waals surface area (Å²) in [5.74, 6) is 0.00683. The molecular weight excluding hydrogens is 327 g/mol. The third-order valence-electron chi connectivity index (χ3n) is 3.47. The van der Waals surface area contributed by atoms with Crippen molar-refractivity contribution >= 4 is 46.1 Å². The van der Waals surface area contributed by atoms with Gasteiger partial charge < -0.3 is 10.6 Å². The highest BCUT2D eigenvalue weighted by molar-refractivity contribution is 7.10. The van der Waals surface area contributed by atoms with Gasteiger partial charge >= 0.3 is 0 Å². The van der Waals surface area contributed by atoms with Gasteiger partial charge in [-0.2, -0.15) is 0 Å². The van der Waals surface area contributed by atoms with Crippen LogP contribution in [0.5, 0.6) is 0 Å². The standard InChI is InChI=1S/C15H14Cl2N2OS/c1-2-18-14(15-10(16)3-4-21-15)9-5-8-6-13(20)19-12(8)7-11(9)17/h3-5,7,14,18H,2,6H2,1H3,(H,19,20). The molecule has 21 heavy (non-hydrogen) atoms. The lowest BCUT2D eigenvalue weighted by molar-refractivity contribution is -0.115. The van der Waals surface area contributed by atoms with E-state index >= 15 is 0 Å². The molecule has 2 N–H and O–H groups in total. The molecule has 0 aliphatic carbocycles. The predicted molar refractivity (Wildman–Crippen MR) is 88.6 cm³/mol. The summed E-state index contributed by atoms with van der Waals surface area (Å²) >= 11 is 14.3. The van der Waals surface area contributed by atoms with Crippen LogP contribution in [0.1, 0.15) is 29.0 Å². The average Bonchev–Trinajstić information content (AvgIpc) is 3.00. The number of halogens is 2. The number of carbonyl (C=O) groups is 1. The topological polar surface area (TPSA) is 41.1 Å². The van der Waals surface area contributed by atoms with Crippen molar-refractivity contribution in [1.29, 1.82) is 0 Å². The molecule has 110 valence electrons. The van der Waals surface area contributed by atoms with Crippen LogP contribution in [0.15, 0.2) is 23.6 Å². The fourth-order valence-corrected chi connectivity index (χ4v) is 4.08. The Labute approximate surface area is 137 Å². The van der Waals surface area contributed by atoms with Gasteiger partial charge in [0.05, 0.1) is 17.5 Å². The van der Waals surface area contributed by atoms with Gasteiger partial charge in [0, 0.05) is 15.6 Å². The third kappa shape index (κ3) is 2.81. The molecule has 3 rings (SSSR count). The highest BCUT2D eigenvalue weighted by atomic mass is 35.5. The first-order valence-corrected chi connectivity index (χ1v) is 8.32. The first kappa shape index (κ1) is 14.9. The van der Waals surface area contributed by atoms with E-state index in [0.717, 1.165) is 33.3 Å². The van der Waals surface area contributed by atoms with E-state index in [9.17, 15) is 4.79 Å². The second kappa shape index (κ2) is 5.97. The predicted octanol–water partition coefficient (Wildman–Crippen LogP) is 4.25. The average molecular weight is 341 g/mol. The van der Waals surface area contributed by atoms with E-state index in [-0.39, 0.29) is 11.9 Å². The van der Waals surface area contributed by atoms with Crippen LogP contribution < -0.4 is 10.6 Å². The zero-order valence-electron chi connectivity index (χ0n) is 11.4. The third-order valence-corrected chi connectivity index (χ3v) is 5.22. The molecule has 1 aromatic heterocycles. The van der Waals surface area contributed by atoms with Crippen LogP contribution in [0.25, 0.3) is 0 Å². The van der Waals surface area contributed by atoms with Crippen molar-refractivity contribution in [3.63, 3.8) is 0 Å². The van der Waals surface area contributed by atoms with Gasteiger partial charge in [0.2, 0.25) is 5.91 Å². The SMILES string of the molecule is CCNC(c1cc2c(cc1Cl)NC(=O)C2)c1sccc1Cl. The summed E-state index contributed by atoms with van der Waals surface area (Å²) in [6.07, 6.45) is 0.399. The number of rotatable bonds is 4. The van der Waals surface area contributed by atoms with E-state index in [1.807, 2.05) is 30.5 Å². The van der Waals surface area contributed by atoms with Crippen LogP contribution in [-0.2, 0) is 11.2 Å². The van der Waals surface area contributed by atoms with Crippen molar-refractivity contribution in [2.24, 2.45) is 0 Å². The molecular formula is C15H14Cl2N2OS. The normalized spacial score (nSPS) is 14.9. The Bertz CT molecular complexity index is 699. The molecule has 1 amide bonds. The van der Waals surface area contributed by atoms with Gasteiger partial charge in [0.1, 0.15) is 0 Å². The van der Waals surface area contributed by atoms with E-state index in [1.165, 1.54) is 0 Å². The summed E-state index contributed by atoms with van der Waals surface area (Å²) in [7, 11) is 0. The van der Waals surface area contributed by atoms with Crippen molar-refractivity contribution < 1.29 is 4.79 Å². The van der Waals surface area contributed by atoms with Gasteiger partial charge in [0.15, 0.2) is 0 Å². The number of hydrogen-bond donors (Lipinski definition) is 2. The molecule has 0 bridgehead atoms. The van der Waals surface area contributed by atoms with Gasteiger partial charge in [-0.15, -0.1) is 11.3 Å². The maximum absolute atomic E-state index is 11.5. The number of nitrogens with one attached hydrogen (secondary N) is 2. The van der Waals surface area contributed by atoms with Gasteiger partial charge in [-0.25, -0.2) is 0 Å². The fourth-order valence-electron chi connectivity index (χ4n) is 2.55. The molecule has 3 nitrogen and oxygen atoms in total. The molecule has 1 aromatic carbocycles. The molecule has 0 saturated carbocycles. The first-order valence-electron chi connectivity index (χ1n) is 6.68. The fraction of sp³-hybridized carbons (Fsp3) is 0.267. The summed E-state index contributed by atoms with van der Waals surface area (Å²) < 4.78 is 0. The number of carbonyl (C=O) groups excluding carboxylic acids is 1. The first-order chi connectivity index (χ1) is 10.1.